The molecule has 1 N–H and O–H groups in total. The highest BCUT2D eigenvalue weighted by Crippen LogP contribution is 2.31. The summed E-state index contributed by atoms with van der Waals surface area (Å²) in [4.78, 5) is 43.7. The number of halogens is 1. The van der Waals surface area contributed by atoms with Gasteiger partial charge in [-0.3, -0.25) is 14.5 Å². The van der Waals surface area contributed by atoms with Crippen LogP contribution in [0.4, 0.5) is 9.18 Å². The van der Waals surface area contributed by atoms with E-state index in [9.17, 15) is 18.8 Å². The van der Waals surface area contributed by atoms with Crippen LogP contribution in [0.15, 0.2) is 48.5 Å². The molecule has 0 radical (unpaired) electrons. The van der Waals surface area contributed by atoms with Crippen molar-refractivity contribution in [3.63, 3.8) is 0 Å². The number of piperazine rings is 1. The van der Waals surface area contributed by atoms with Crippen molar-refractivity contribution in [3.8, 4) is 0 Å². The van der Waals surface area contributed by atoms with Crippen LogP contribution in [0.1, 0.15) is 44.4 Å². The summed E-state index contributed by atoms with van der Waals surface area (Å²) >= 11 is 0. The largest absolute Gasteiger partial charge is 0.340 e. The summed E-state index contributed by atoms with van der Waals surface area (Å²) in [5.41, 5.74) is 1.57. The fourth-order valence-corrected chi connectivity index (χ4v) is 4.55. The zero-order valence-corrected chi connectivity index (χ0v) is 20.8. The van der Waals surface area contributed by atoms with E-state index in [1.54, 1.807) is 24.0 Å². The summed E-state index contributed by atoms with van der Waals surface area (Å²) in [5.74, 6) is -0.619. The van der Waals surface area contributed by atoms with Gasteiger partial charge in [0.2, 0.25) is 5.91 Å². The highest BCUT2D eigenvalue weighted by molar-refractivity contribution is 6.07. The van der Waals surface area contributed by atoms with Crippen molar-refractivity contribution < 1.29 is 18.8 Å². The van der Waals surface area contributed by atoms with Gasteiger partial charge in [-0.15, -0.1) is 0 Å². The second kappa shape index (κ2) is 9.41. The topological polar surface area (TPSA) is 73.0 Å². The van der Waals surface area contributed by atoms with Gasteiger partial charge in [0.15, 0.2) is 0 Å². The molecule has 2 fully saturated rings. The van der Waals surface area contributed by atoms with Gasteiger partial charge in [-0.25, -0.2) is 14.1 Å². The number of rotatable bonds is 5. The zero-order chi connectivity index (χ0) is 25.4. The van der Waals surface area contributed by atoms with Crippen molar-refractivity contribution in [2.24, 2.45) is 0 Å². The minimum atomic E-state index is -1.11. The van der Waals surface area contributed by atoms with Crippen LogP contribution in [0.5, 0.6) is 0 Å². The van der Waals surface area contributed by atoms with E-state index >= 15 is 0 Å². The predicted molar refractivity (Wildman–Crippen MR) is 131 cm³/mol. The number of nitrogens with one attached hydrogen (secondary N) is 1. The lowest BCUT2D eigenvalue weighted by Crippen LogP contribution is -2.53. The Morgan fingerprint density at radius 1 is 0.971 bits per heavy atom. The van der Waals surface area contributed by atoms with Crippen LogP contribution >= 0.6 is 0 Å². The van der Waals surface area contributed by atoms with Gasteiger partial charge in [0, 0.05) is 26.2 Å². The molecule has 0 bridgehead atoms. The first-order chi connectivity index (χ1) is 16.5. The van der Waals surface area contributed by atoms with Gasteiger partial charge >= 0.3 is 6.03 Å². The summed E-state index contributed by atoms with van der Waals surface area (Å²) in [6, 6.07) is 13.4. The Hall–Kier alpha value is -3.26. The van der Waals surface area contributed by atoms with Crippen LogP contribution in [0, 0.1) is 5.82 Å². The second-order valence-electron chi connectivity index (χ2n) is 10.6. The van der Waals surface area contributed by atoms with E-state index < -0.39 is 11.6 Å². The summed E-state index contributed by atoms with van der Waals surface area (Å²) in [7, 11) is 0. The summed E-state index contributed by atoms with van der Waals surface area (Å²) in [5, 5.41) is 2.87. The maximum Gasteiger partial charge on any atom is 0.326 e. The van der Waals surface area contributed by atoms with Gasteiger partial charge in [0.1, 0.15) is 11.4 Å². The third-order valence-corrected chi connectivity index (χ3v) is 6.94. The lowest BCUT2D eigenvalue weighted by atomic mass is 9.84. The van der Waals surface area contributed by atoms with Crippen molar-refractivity contribution in [1.29, 1.82) is 0 Å². The highest BCUT2D eigenvalue weighted by Gasteiger charge is 2.49. The van der Waals surface area contributed by atoms with Crippen molar-refractivity contribution in [1.82, 2.24) is 20.0 Å². The Labute approximate surface area is 205 Å². The molecule has 4 amide bonds. The molecule has 4 rings (SSSR count). The van der Waals surface area contributed by atoms with Crippen LogP contribution in [0.2, 0.25) is 0 Å². The number of carbonyl (C=O) groups excluding carboxylic acids is 3. The molecular weight excluding hydrogens is 447 g/mol. The molecule has 2 aliphatic heterocycles. The molecule has 8 heteroatoms. The van der Waals surface area contributed by atoms with Crippen molar-refractivity contribution >= 4 is 17.8 Å². The van der Waals surface area contributed by atoms with Gasteiger partial charge in [0.25, 0.3) is 5.91 Å². The molecule has 1 atom stereocenters. The molecule has 0 aromatic heterocycles. The first kappa shape index (κ1) is 24.9. The standard InChI is InChI=1S/C27H33FN4O3/c1-26(2,3)20-7-9-21(10-8-20)27(4)24(34)32(25(35)29-27)18-30-13-15-31(16-14-30)23(33)17-19-5-11-22(28)12-6-19/h5-12H,13-18H2,1-4H3,(H,29,35). The van der Waals surface area contributed by atoms with E-state index in [0.717, 1.165) is 16.7 Å². The fourth-order valence-electron chi connectivity index (χ4n) is 4.55. The molecular formula is C27H33FN4O3. The van der Waals surface area contributed by atoms with Crippen LogP contribution in [-0.4, -0.2) is 65.4 Å². The molecule has 0 spiro atoms. The smallest absolute Gasteiger partial charge is 0.326 e. The van der Waals surface area contributed by atoms with Gasteiger partial charge in [-0.05, 0) is 41.2 Å². The van der Waals surface area contributed by atoms with Crippen LogP contribution in [-0.2, 0) is 27.0 Å². The Bertz CT molecular complexity index is 1100. The van der Waals surface area contributed by atoms with E-state index in [4.69, 9.17) is 0 Å². The van der Waals surface area contributed by atoms with E-state index in [-0.39, 0.29) is 36.1 Å². The number of urea groups is 1. The van der Waals surface area contributed by atoms with Crippen LogP contribution in [0.3, 0.4) is 0 Å². The number of carbonyl (C=O) groups is 3. The van der Waals surface area contributed by atoms with Crippen molar-refractivity contribution in [2.45, 2.75) is 45.1 Å². The first-order valence-corrected chi connectivity index (χ1v) is 12.0. The Balaban J connectivity index is 1.34. The molecule has 186 valence electrons. The lowest BCUT2D eigenvalue weighted by molar-refractivity contribution is -0.135. The molecule has 2 aliphatic rings. The monoisotopic (exact) mass is 480 g/mol. The number of benzene rings is 2. The van der Waals surface area contributed by atoms with Gasteiger partial charge in [-0.2, -0.15) is 0 Å². The third-order valence-electron chi connectivity index (χ3n) is 6.94. The molecule has 7 nitrogen and oxygen atoms in total. The molecule has 2 aromatic rings. The second-order valence-corrected chi connectivity index (χ2v) is 10.6. The van der Waals surface area contributed by atoms with E-state index in [1.165, 1.54) is 17.0 Å². The van der Waals surface area contributed by atoms with E-state index in [2.05, 4.69) is 26.1 Å². The average molecular weight is 481 g/mol. The van der Waals surface area contributed by atoms with Crippen molar-refractivity contribution in [3.05, 3.63) is 71.0 Å². The summed E-state index contributed by atoms with van der Waals surface area (Å²) in [6.45, 7) is 10.4. The maximum atomic E-state index is 13.3. The number of hydrogen-bond donors (Lipinski definition) is 1. The molecule has 2 aromatic carbocycles. The van der Waals surface area contributed by atoms with E-state index in [1.807, 2.05) is 29.2 Å². The van der Waals surface area contributed by atoms with Crippen LogP contribution < -0.4 is 5.32 Å². The Morgan fingerprint density at radius 3 is 2.14 bits per heavy atom. The predicted octanol–water partition coefficient (Wildman–Crippen LogP) is 3.23. The number of imide groups is 1. The van der Waals surface area contributed by atoms with Crippen LogP contribution in [0.25, 0.3) is 0 Å². The Morgan fingerprint density at radius 2 is 1.57 bits per heavy atom. The Kier molecular flexibility index (Phi) is 6.68. The molecule has 2 saturated heterocycles. The van der Waals surface area contributed by atoms with Crippen molar-refractivity contribution in [2.75, 3.05) is 32.8 Å². The number of amides is 4. The fraction of sp³-hybridized carbons (Fsp3) is 0.444. The summed E-state index contributed by atoms with van der Waals surface area (Å²) < 4.78 is 13.1. The SMILES string of the molecule is CC(C)(C)c1ccc(C2(C)NC(=O)N(CN3CCN(C(=O)Cc4ccc(F)cc4)CC3)C2=O)cc1. The zero-order valence-electron chi connectivity index (χ0n) is 20.8. The third kappa shape index (κ3) is 5.22. The molecule has 0 aliphatic carbocycles. The minimum absolute atomic E-state index is 0.00303. The number of nitrogens with zero attached hydrogens (tertiary/aromatic N) is 3. The minimum Gasteiger partial charge on any atom is -0.340 e. The molecule has 1 unspecified atom stereocenters. The van der Waals surface area contributed by atoms with E-state index in [0.29, 0.717) is 26.2 Å². The lowest BCUT2D eigenvalue weighted by Gasteiger charge is -2.36. The van der Waals surface area contributed by atoms with Gasteiger partial charge < -0.3 is 10.2 Å². The summed E-state index contributed by atoms with van der Waals surface area (Å²) in [6.07, 6.45) is 0.222. The quantitative estimate of drug-likeness (QED) is 0.667. The van der Waals surface area contributed by atoms with Gasteiger partial charge in [0.05, 0.1) is 13.1 Å². The normalized spacial score (nSPS) is 21.4. The molecule has 35 heavy (non-hydrogen) atoms. The van der Waals surface area contributed by atoms with Gasteiger partial charge in [-0.1, -0.05) is 57.2 Å². The molecule has 2 heterocycles. The average Bonchev–Trinajstić information content (AvgIpc) is 3.04. The first-order valence-electron chi connectivity index (χ1n) is 12.0. The maximum absolute atomic E-state index is 13.3. The number of hydrogen-bond acceptors (Lipinski definition) is 4. The highest BCUT2D eigenvalue weighted by atomic mass is 19.1. The molecule has 0 saturated carbocycles.